The standard InChI is InChI=1S/C22H20FN3O/c23-19-11-5-4-8-17(19)16-26-21-13-7-6-12-20(21)25(22(26)24)14-15-27-18-9-2-1-3-10-18/h1-13,24H,14-16H2. The van der Waals surface area contributed by atoms with Crippen molar-refractivity contribution in [1.29, 1.82) is 5.41 Å². The van der Waals surface area contributed by atoms with E-state index in [9.17, 15) is 4.39 Å². The summed E-state index contributed by atoms with van der Waals surface area (Å²) in [4.78, 5) is 0. The van der Waals surface area contributed by atoms with Gasteiger partial charge in [0.25, 0.3) is 0 Å². The maximum Gasteiger partial charge on any atom is 0.203 e. The molecule has 1 aromatic heterocycles. The van der Waals surface area contributed by atoms with Crippen molar-refractivity contribution in [1.82, 2.24) is 9.13 Å². The van der Waals surface area contributed by atoms with Gasteiger partial charge in [-0.05, 0) is 30.3 Å². The van der Waals surface area contributed by atoms with Crippen LogP contribution in [-0.4, -0.2) is 15.7 Å². The number of hydrogen-bond acceptors (Lipinski definition) is 2. The Kier molecular flexibility index (Phi) is 4.75. The molecule has 1 N–H and O–H groups in total. The average molecular weight is 361 g/mol. The number of halogens is 1. The predicted molar refractivity (Wildman–Crippen MR) is 103 cm³/mol. The first-order valence-corrected chi connectivity index (χ1v) is 8.88. The van der Waals surface area contributed by atoms with Gasteiger partial charge in [0.2, 0.25) is 5.62 Å². The Morgan fingerprint density at radius 3 is 2.15 bits per heavy atom. The van der Waals surface area contributed by atoms with Gasteiger partial charge in [-0.15, -0.1) is 0 Å². The molecule has 4 aromatic rings. The molecule has 0 aliphatic rings. The molecule has 3 aromatic carbocycles. The minimum absolute atomic E-state index is 0.256. The summed E-state index contributed by atoms with van der Waals surface area (Å²) in [7, 11) is 0. The van der Waals surface area contributed by atoms with E-state index in [1.54, 1.807) is 12.1 Å². The fourth-order valence-corrected chi connectivity index (χ4v) is 3.25. The number of para-hydroxylation sites is 3. The summed E-state index contributed by atoms with van der Waals surface area (Å²) in [6, 6.07) is 24.1. The first-order valence-electron chi connectivity index (χ1n) is 8.88. The summed E-state index contributed by atoms with van der Waals surface area (Å²) in [5.74, 6) is 0.549. The van der Waals surface area contributed by atoms with E-state index in [1.807, 2.05) is 69.8 Å². The number of aromatic nitrogens is 2. The second-order valence-corrected chi connectivity index (χ2v) is 6.30. The number of ether oxygens (including phenoxy) is 1. The number of rotatable bonds is 6. The molecular weight excluding hydrogens is 341 g/mol. The summed E-state index contributed by atoms with van der Waals surface area (Å²) in [5, 5.41) is 8.63. The zero-order chi connectivity index (χ0) is 18.6. The molecule has 0 bridgehead atoms. The van der Waals surface area contributed by atoms with Gasteiger partial charge in [0, 0.05) is 5.56 Å². The SMILES string of the molecule is N=c1n(CCOc2ccccc2)c2ccccc2n1Cc1ccccc1F. The van der Waals surface area contributed by atoms with E-state index in [4.69, 9.17) is 10.1 Å². The average Bonchev–Trinajstić information content (AvgIpc) is 2.96. The molecule has 0 aliphatic carbocycles. The molecule has 4 rings (SSSR count). The molecule has 1 heterocycles. The lowest BCUT2D eigenvalue weighted by molar-refractivity contribution is 0.296. The monoisotopic (exact) mass is 361 g/mol. The Labute approximate surface area is 156 Å². The Morgan fingerprint density at radius 2 is 1.41 bits per heavy atom. The minimum atomic E-state index is -0.256. The molecule has 0 saturated carbocycles. The van der Waals surface area contributed by atoms with Crippen molar-refractivity contribution in [2.24, 2.45) is 0 Å². The fourth-order valence-electron chi connectivity index (χ4n) is 3.25. The van der Waals surface area contributed by atoms with Crippen LogP contribution in [0.5, 0.6) is 5.75 Å². The molecule has 0 saturated heterocycles. The van der Waals surface area contributed by atoms with Crippen LogP contribution in [-0.2, 0) is 13.1 Å². The van der Waals surface area contributed by atoms with Crippen LogP contribution in [0.3, 0.4) is 0 Å². The molecule has 5 heteroatoms. The Balaban J connectivity index is 1.64. The van der Waals surface area contributed by atoms with Gasteiger partial charge in [-0.2, -0.15) is 0 Å². The van der Waals surface area contributed by atoms with E-state index in [-0.39, 0.29) is 5.82 Å². The van der Waals surface area contributed by atoms with Crippen molar-refractivity contribution in [3.05, 3.63) is 95.9 Å². The van der Waals surface area contributed by atoms with Crippen LogP contribution >= 0.6 is 0 Å². The first-order chi connectivity index (χ1) is 13.2. The maximum absolute atomic E-state index is 14.1. The van der Waals surface area contributed by atoms with E-state index < -0.39 is 0 Å². The van der Waals surface area contributed by atoms with Gasteiger partial charge in [0.15, 0.2) is 0 Å². The van der Waals surface area contributed by atoms with Gasteiger partial charge in [-0.25, -0.2) is 4.39 Å². The molecule has 4 nitrogen and oxygen atoms in total. The van der Waals surface area contributed by atoms with Gasteiger partial charge in [-0.3, -0.25) is 5.41 Å². The van der Waals surface area contributed by atoms with Crippen LogP contribution in [0.25, 0.3) is 11.0 Å². The Hall–Kier alpha value is -3.34. The number of imidazole rings is 1. The van der Waals surface area contributed by atoms with Gasteiger partial charge >= 0.3 is 0 Å². The number of benzene rings is 3. The highest BCUT2D eigenvalue weighted by atomic mass is 19.1. The predicted octanol–water partition coefficient (Wildman–Crippen LogP) is 4.19. The van der Waals surface area contributed by atoms with E-state index in [1.165, 1.54) is 6.07 Å². The van der Waals surface area contributed by atoms with Crippen molar-refractivity contribution >= 4 is 11.0 Å². The van der Waals surface area contributed by atoms with Crippen molar-refractivity contribution in [3.63, 3.8) is 0 Å². The lowest BCUT2D eigenvalue weighted by Crippen LogP contribution is -2.27. The quantitative estimate of drug-likeness (QED) is 0.550. The summed E-state index contributed by atoms with van der Waals surface area (Å²) < 4.78 is 23.6. The zero-order valence-corrected chi connectivity index (χ0v) is 14.8. The second-order valence-electron chi connectivity index (χ2n) is 6.30. The fraction of sp³-hybridized carbons (Fsp3) is 0.136. The third kappa shape index (κ3) is 3.49. The van der Waals surface area contributed by atoms with Crippen molar-refractivity contribution in [2.75, 3.05) is 6.61 Å². The van der Waals surface area contributed by atoms with Crippen LogP contribution in [0.2, 0.25) is 0 Å². The first kappa shape index (κ1) is 17.1. The second kappa shape index (κ2) is 7.50. The molecule has 0 atom stereocenters. The normalized spacial score (nSPS) is 11.0. The molecule has 0 unspecified atom stereocenters. The number of fused-ring (bicyclic) bond motifs is 1. The molecule has 0 radical (unpaired) electrons. The van der Waals surface area contributed by atoms with Crippen LogP contribution in [0.1, 0.15) is 5.56 Å². The van der Waals surface area contributed by atoms with E-state index in [2.05, 4.69) is 0 Å². The lowest BCUT2D eigenvalue weighted by atomic mass is 10.2. The lowest BCUT2D eigenvalue weighted by Gasteiger charge is -2.08. The van der Waals surface area contributed by atoms with Crippen molar-refractivity contribution in [3.8, 4) is 5.75 Å². The maximum atomic E-state index is 14.1. The highest BCUT2D eigenvalue weighted by Gasteiger charge is 2.12. The van der Waals surface area contributed by atoms with Gasteiger partial charge in [-0.1, -0.05) is 48.5 Å². The van der Waals surface area contributed by atoms with E-state index in [0.717, 1.165) is 16.8 Å². The zero-order valence-electron chi connectivity index (χ0n) is 14.8. The molecule has 0 amide bonds. The highest BCUT2D eigenvalue weighted by molar-refractivity contribution is 5.76. The minimum Gasteiger partial charge on any atom is -0.492 e. The molecular formula is C22H20FN3O. The Bertz CT molecular complexity index is 1120. The summed E-state index contributed by atoms with van der Waals surface area (Å²) >= 11 is 0. The number of nitrogens with zero attached hydrogens (tertiary/aromatic N) is 2. The smallest absolute Gasteiger partial charge is 0.203 e. The van der Waals surface area contributed by atoms with Crippen LogP contribution in [0.4, 0.5) is 4.39 Å². The van der Waals surface area contributed by atoms with Gasteiger partial charge in [0.05, 0.1) is 24.1 Å². The highest BCUT2D eigenvalue weighted by Crippen LogP contribution is 2.16. The topological polar surface area (TPSA) is 42.9 Å². The molecule has 136 valence electrons. The van der Waals surface area contributed by atoms with E-state index >= 15 is 0 Å². The number of nitrogens with one attached hydrogen (secondary N) is 1. The van der Waals surface area contributed by atoms with Crippen molar-refractivity contribution < 1.29 is 9.13 Å². The largest absolute Gasteiger partial charge is 0.492 e. The summed E-state index contributed by atoms with van der Waals surface area (Å²) in [6.45, 7) is 1.31. The molecule has 27 heavy (non-hydrogen) atoms. The molecule has 0 fully saturated rings. The molecule has 0 aliphatic heterocycles. The number of hydrogen-bond donors (Lipinski definition) is 1. The van der Waals surface area contributed by atoms with Crippen LogP contribution < -0.4 is 10.4 Å². The Morgan fingerprint density at radius 1 is 0.778 bits per heavy atom. The molecule has 0 spiro atoms. The third-order valence-electron chi connectivity index (χ3n) is 4.59. The van der Waals surface area contributed by atoms with Crippen LogP contribution in [0.15, 0.2) is 78.9 Å². The van der Waals surface area contributed by atoms with Crippen LogP contribution in [0, 0.1) is 11.2 Å². The third-order valence-corrected chi connectivity index (χ3v) is 4.59. The van der Waals surface area contributed by atoms with Gasteiger partial charge in [0.1, 0.15) is 18.2 Å². The van der Waals surface area contributed by atoms with Crippen molar-refractivity contribution in [2.45, 2.75) is 13.1 Å². The summed E-state index contributed by atoms with van der Waals surface area (Å²) in [6.07, 6.45) is 0. The van der Waals surface area contributed by atoms with E-state index in [0.29, 0.717) is 30.9 Å². The summed E-state index contributed by atoms with van der Waals surface area (Å²) in [5.41, 5.74) is 2.75. The van der Waals surface area contributed by atoms with Gasteiger partial charge < -0.3 is 13.9 Å².